The molecule has 1 aliphatic heterocycles. The Bertz CT molecular complexity index is 441. The lowest BCUT2D eigenvalue weighted by Crippen LogP contribution is -2.47. The third kappa shape index (κ3) is 1.52. The van der Waals surface area contributed by atoms with Crippen molar-refractivity contribution in [3.63, 3.8) is 0 Å². The zero-order valence-corrected chi connectivity index (χ0v) is 10.2. The second kappa shape index (κ2) is 3.52. The molecule has 1 N–H and O–H groups in total. The Hall–Kier alpha value is -0.440. The Morgan fingerprint density at radius 2 is 2.06 bits per heavy atom. The third-order valence-electron chi connectivity index (χ3n) is 3.54. The van der Waals surface area contributed by atoms with Crippen LogP contribution >= 0.6 is 23.2 Å². The fraction of sp³-hybridized carbons (Fsp3) is 0.500. The van der Waals surface area contributed by atoms with Crippen LogP contribution in [0.2, 0.25) is 10.0 Å². The molecule has 0 bridgehead atoms. The molecular weight excluding hydrogens is 247 g/mol. The maximum absolute atomic E-state index is 10.1. The summed E-state index contributed by atoms with van der Waals surface area (Å²) in [5.74, 6) is 0.615. The van der Waals surface area contributed by atoms with Crippen molar-refractivity contribution in [1.82, 2.24) is 0 Å². The number of fused-ring (bicyclic) bond motifs is 1. The molecule has 1 aromatic carbocycles. The number of aliphatic hydroxyl groups excluding tert-OH is 1. The average molecular weight is 259 g/mol. The Morgan fingerprint density at radius 1 is 1.31 bits per heavy atom. The first-order valence-electron chi connectivity index (χ1n) is 5.46. The lowest BCUT2D eigenvalue weighted by Gasteiger charge is -2.47. The number of rotatable bonds is 0. The van der Waals surface area contributed by atoms with Gasteiger partial charge in [0.25, 0.3) is 0 Å². The highest BCUT2D eigenvalue weighted by atomic mass is 35.5. The van der Waals surface area contributed by atoms with E-state index in [-0.39, 0.29) is 5.60 Å². The van der Waals surface area contributed by atoms with Gasteiger partial charge in [-0.05, 0) is 31.4 Å². The summed E-state index contributed by atoms with van der Waals surface area (Å²) in [5, 5.41) is 11.1. The van der Waals surface area contributed by atoms with E-state index >= 15 is 0 Å². The minimum absolute atomic E-state index is 0.177. The summed E-state index contributed by atoms with van der Waals surface area (Å²) in [7, 11) is 0. The number of halogens is 2. The first kappa shape index (κ1) is 10.7. The van der Waals surface area contributed by atoms with Crippen molar-refractivity contribution >= 4 is 23.2 Å². The predicted octanol–water partition coefficient (Wildman–Crippen LogP) is 3.73. The molecule has 1 fully saturated rings. The highest BCUT2D eigenvalue weighted by Crippen LogP contribution is 2.51. The van der Waals surface area contributed by atoms with Crippen molar-refractivity contribution in [1.29, 1.82) is 0 Å². The monoisotopic (exact) mass is 258 g/mol. The van der Waals surface area contributed by atoms with Crippen molar-refractivity contribution in [3.8, 4) is 5.75 Å². The van der Waals surface area contributed by atoms with E-state index in [4.69, 9.17) is 27.9 Å². The Morgan fingerprint density at radius 3 is 2.69 bits per heavy atom. The van der Waals surface area contributed by atoms with E-state index in [1.807, 2.05) is 0 Å². The molecule has 0 amide bonds. The van der Waals surface area contributed by atoms with Crippen LogP contribution in [0.5, 0.6) is 5.75 Å². The average Bonchev–Trinajstić information content (AvgIpc) is 2.17. The van der Waals surface area contributed by atoms with Crippen molar-refractivity contribution < 1.29 is 9.84 Å². The number of hydrogen-bond acceptors (Lipinski definition) is 2. The van der Waals surface area contributed by atoms with Gasteiger partial charge in [-0.3, -0.25) is 0 Å². The smallest absolute Gasteiger partial charge is 0.144 e. The van der Waals surface area contributed by atoms with Gasteiger partial charge in [-0.2, -0.15) is 0 Å². The van der Waals surface area contributed by atoms with E-state index in [0.717, 1.165) is 24.8 Å². The molecule has 0 aromatic heterocycles. The highest BCUT2D eigenvalue weighted by molar-refractivity contribution is 6.35. The summed E-state index contributed by atoms with van der Waals surface area (Å²) >= 11 is 12.0. The molecule has 1 atom stereocenters. The normalized spacial score (nSPS) is 25.8. The van der Waals surface area contributed by atoms with Crippen LogP contribution in [0.4, 0.5) is 0 Å². The molecule has 3 rings (SSSR count). The molecule has 86 valence electrons. The Balaban J connectivity index is 2.07. The van der Waals surface area contributed by atoms with Crippen molar-refractivity contribution in [2.24, 2.45) is 0 Å². The molecule has 1 saturated carbocycles. The standard InChI is InChI=1S/C12H12Cl2O2/c13-7-4-8-10(15)6-12(2-1-3-12)16-11(8)9(14)5-7/h4-5,10,15H,1-3,6H2. The summed E-state index contributed by atoms with van der Waals surface area (Å²) in [6.07, 6.45) is 3.30. The van der Waals surface area contributed by atoms with E-state index in [2.05, 4.69) is 0 Å². The van der Waals surface area contributed by atoms with E-state index in [1.165, 1.54) is 0 Å². The van der Waals surface area contributed by atoms with Crippen LogP contribution in [0.25, 0.3) is 0 Å². The SMILES string of the molecule is OC1CC2(CCC2)Oc2c(Cl)cc(Cl)cc21. The molecule has 1 aromatic rings. The van der Waals surface area contributed by atoms with Gasteiger partial charge >= 0.3 is 0 Å². The summed E-state index contributed by atoms with van der Waals surface area (Å²) in [6, 6.07) is 3.39. The lowest BCUT2D eigenvalue weighted by atomic mass is 9.73. The van der Waals surface area contributed by atoms with Crippen LogP contribution in [0.15, 0.2) is 12.1 Å². The van der Waals surface area contributed by atoms with E-state index in [1.54, 1.807) is 12.1 Å². The number of hydrogen-bond donors (Lipinski definition) is 1. The molecule has 1 heterocycles. The third-order valence-corrected chi connectivity index (χ3v) is 4.04. The van der Waals surface area contributed by atoms with E-state index in [0.29, 0.717) is 22.2 Å². The van der Waals surface area contributed by atoms with Gasteiger partial charge in [0.2, 0.25) is 0 Å². The zero-order chi connectivity index (χ0) is 11.3. The molecule has 1 spiro atoms. The molecule has 4 heteroatoms. The maximum atomic E-state index is 10.1. The minimum atomic E-state index is -0.514. The fourth-order valence-electron chi connectivity index (χ4n) is 2.53. The molecule has 1 aliphatic carbocycles. The van der Waals surface area contributed by atoms with E-state index < -0.39 is 6.10 Å². The summed E-state index contributed by atoms with van der Waals surface area (Å²) in [4.78, 5) is 0. The van der Waals surface area contributed by atoms with Crippen LogP contribution < -0.4 is 4.74 Å². The molecule has 2 nitrogen and oxygen atoms in total. The lowest BCUT2D eigenvalue weighted by molar-refractivity contribution is -0.0662. The van der Waals surface area contributed by atoms with Gasteiger partial charge < -0.3 is 9.84 Å². The number of benzene rings is 1. The van der Waals surface area contributed by atoms with Gasteiger partial charge in [-0.1, -0.05) is 23.2 Å². The molecule has 2 aliphatic rings. The maximum Gasteiger partial charge on any atom is 0.144 e. The van der Waals surface area contributed by atoms with Crippen molar-refractivity contribution in [2.75, 3.05) is 0 Å². The molecule has 16 heavy (non-hydrogen) atoms. The first-order chi connectivity index (χ1) is 7.60. The van der Waals surface area contributed by atoms with E-state index in [9.17, 15) is 5.11 Å². The molecule has 1 unspecified atom stereocenters. The van der Waals surface area contributed by atoms with Crippen LogP contribution in [0.1, 0.15) is 37.4 Å². The van der Waals surface area contributed by atoms with Gasteiger partial charge in [0.15, 0.2) is 0 Å². The van der Waals surface area contributed by atoms with Gasteiger partial charge in [0.1, 0.15) is 11.4 Å². The predicted molar refractivity (Wildman–Crippen MR) is 63.2 cm³/mol. The number of aliphatic hydroxyl groups is 1. The largest absolute Gasteiger partial charge is 0.485 e. The zero-order valence-electron chi connectivity index (χ0n) is 8.67. The second-order valence-electron chi connectivity index (χ2n) is 4.66. The second-order valence-corrected chi connectivity index (χ2v) is 5.51. The quantitative estimate of drug-likeness (QED) is 0.769. The van der Waals surface area contributed by atoms with Crippen LogP contribution in [0.3, 0.4) is 0 Å². The highest BCUT2D eigenvalue weighted by Gasteiger charge is 2.45. The minimum Gasteiger partial charge on any atom is -0.485 e. The molecular formula is C12H12Cl2O2. The number of ether oxygens (including phenoxy) is 1. The van der Waals surface area contributed by atoms with Crippen molar-refractivity contribution in [3.05, 3.63) is 27.7 Å². The van der Waals surface area contributed by atoms with Gasteiger partial charge in [0.05, 0.1) is 11.1 Å². The molecule has 0 radical (unpaired) electrons. The Labute approximate surface area is 104 Å². The van der Waals surface area contributed by atoms with Crippen molar-refractivity contribution in [2.45, 2.75) is 37.4 Å². The summed E-state index contributed by atoms with van der Waals surface area (Å²) < 4.78 is 5.96. The summed E-state index contributed by atoms with van der Waals surface area (Å²) in [6.45, 7) is 0. The van der Waals surface area contributed by atoms with Crippen LogP contribution in [-0.2, 0) is 0 Å². The van der Waals surface area contributed by atoms with Gasteiger partial charge in [0, 0.05) is 17.0 Å². The summed E-state index contributed by atoms with van der Waals surface area (Å²) in [5.41, 5.74) is 0.541. The van der Waals surface area contributed by atoms with Crippen LogP contribution in [0, 0.1) is 0 Å². The van der Waals surface area contributed by atoms with Crippen LogP contribution in [-0.4, -0.2) is 10.7 Å². The fourth-order valence-corrected chi connectivity index (χ4v) is 3.08. The molecule has 0 saturated heterocycles. The van der Waals surface area contributed by atoms with Gasteiger partial charge in [-0.15, -0.1) is 0 Å². The van der Waals surface area contributed by atoms with Gasteiger partial charge in [-0.25, -0.2) is 0 Å². The Kier molecular flexibility index (Phi) is 2.36. The topological polar surface area (TPSA) is 29.5 Å². The first-order valence-corrected chi connectivity index (χ1v) is 6.21.